The summed E-state index contributed by atoms with van der Waals surface area (Å²) in [5.41, 5.74) is 12.0. The third-order valence-corrected chi connectivity index (χ3v) is 12.5. The molecular formula is C55H35NO. The molecule has 0 atom stereocenters. The summed E-state index contributed by atoms with van der Waals surface area (Å²) in [6.45, 7) is 0. The van der Waals surface area contributed by atoms with Crippen molar-refractivity contribution in [2.45, 2.75) is 11.3 Å². The molecule has 12 rings (SSSR count). The van der Waals surface area contributed by atoms with Gasteiger partial charge >= 0.3 is 0 Å². The van der Waals surface area contributed by atoms with E-state index in [9.17, 15) is 0 Å². The Bertz CT molecular complexity index is 3270. The second-order valence-corrected chi connectivity index (χ2v) is 15.3. The molecule has 11 aromatic rings. The number of hydrogen-bond donors (Lipinski definition) is 0. The summed E-state index contributed by atoms with van der Waals surface area (Å²) in [5.74, 6) is -0.134. The standard InChI is InChI=1S/C55H35NO/c1-3-19-37(20-4-1)55(38-21-5-2-6-22-38)47-28-13-11-25-43(47)51(44-26-12-14-29-48(44)55)49-34-46-42(53(56-49)41-27-15-18-35-16-7-9-23-39(35)41)32-33-50-52(46)45-31-30-36-17-8-10-24-40(36)54(45)57-50/h1-34,51H. The van der Waals surface area contributed by atoms with Crippen molar-refractivity contribution < 1.29 is 4.42 Å². The van der Waals surface area contributed by atoms with E-state index in [0.717, 1.165) is 55.0 Å². The Hall–Kier alpha value is -7.29. The Kier molecular flexibility index (Phi) is 6.94. The zero-order chi connectivity index (χ0) is 37.5. The molecule has 2 nitrogen and oxygen atoms in total. The van der Waals surface area contributed by atoms with Crippen molar-refractivity contribution in [3.63, 3.8) is 0 Å². The molecule has 2 heteroatoms. The quantitative estimate of drug-likeness (QED) is 0.181. The van der Waals surface area contributed by atoms with Crippen LogP contribution in [0.4, 0.5) is 0 Å². The van der Waals surface area contributed by atoms with E-state index in [2.05, 4.69) is 206 Å². The lowest BCUT2D eigenvalue weighted by Crippen LogP contribution is -2.37. The maximum atomic E-state index is 6.79. The van der Waals surface area contributed by atoms with Gasteiger partial charge in [0.2, 0.25) is 0 Å². The molecule has 266 valence electrons. The Morgan fingerprint density at radius 2 is 0.982 bits per heavy atom. The third kappa shape index (κ3) is 4.56. The van der Waals surface area contributed by atoms with Crippen LogP contribution >= 0.6 is 0 Å². The van der Waals surface area contributed by atoms with Crippen LogP contribution in [-0.2, 0) is 5.41 Å². The molecular weight excluding hydrogens is 691 g/mol. The summed E-state index contributed by atoms with van der Waals surface area (Å²) < 4.78 is 6.79. The monoisotopic (exact) mass is 725 g/mol. The normalized spacial score (nSPS) is 13.7. The molecule has 0 radical (unpaired) electrons. The number of pyridine rings is 1. The fourth-order valence-corrected chi connectivity index (χ4v) is 10.1. The molecule has 2 heterocycles. The maximum absolute atomic E-state index is 6.79. The molecule has 57 heavy (non-hydrogen) atoms. The third-order valence-electron chi connectivity index (χ3n) is 12.5. The maximum Gasteiger partial charge on any atom is 0.143 e. The van der Waals surface area contributed by atoms with Crippen LogP contribution in [0.25, 0.3) is 65.5 Å². The van der Waals surface area contributed by atoms with Crippen LogP contribution in [0.3, 0.4) is 0 Å². The second-order valence-electron chi connectivity index (χ2n) is 15.3. The SMILES string of the molecule is c1ccc(C2(c3ccccc3)c3ccccc3C(c3cc4c(ccc5oc6c7ccccc7ccc6c54)c(-c4cccc5ccccc45)n3)c3ccccc32)cc1. The minimum absolute atomic E-state index is 0.134. The van der Waals surface area contributed by atoms with Crippen molar-refractivity contribution in [3.05, 3.63) is 245 Å². The van der Waals surface area contributed by atoms with E-state index < -0.39 is 5.41 Å². The summed E-state index contributed by atoms with van der Waals surface area (Å²) in [5, 5.41) is 9.17. The topological polar surface area (TPSA) is 26.0 Å². The molecule has 0 N–H and O–H groups in total. The molecule has 9 aromatic carbocycles. The van der Waals surface area contributed by atoms with Crippen LogP contribution in [0.2, 0.25) is 0 Å². The van der Waals surface area contributed by atoms with Crippen molar-refractivity contribution >= 4 is 54.3 Å². The lowest BCUT2D eigenvalue weighted by atomic mass is 9.57. The average Bonchev–Trinajstić information content (AvgIpc) is 3.68. The molecule has 0 saturated heterocycles. The van der Waals surface area contributed by atoms with E-state index in [1.807, 2.05) is 0 Å². The van der Waals surface area contributed by atoms with Crippen LogP contribution in [0, 0.1) is 0 Å². The highest BCUT2D eigenvalue weighted by Gasteiger charge is 2.47. The van der Waals surface area contributed by atoms with Gasteiger partial charge in [-0.05, 0) is 79.2 Å². The van der Waals surface area contributed by atoms with Gasteiger partial charge in [-0.1, -0.05) is 182 Å². The van der Waals surface area contributed by atoms with Crippen LogP contribution in [-0.4, -0.2) is 4.98 Å². The van der Waals surface area contributed by atoms with Crippen molar-refractivity contribution in [1.82, 2.24) is 4.98 Å². The number of hydrogen-bond acceptors (Lipinski definition) is 2. The minimum Gasteiger partial charge on any atom is -0.455 e. The zero-order valence-electron chi connectivity index (χ0n) is 31.1. The van der Waals surface area contributed by atoms with Crippen molar-refractivity contribution in [2.75, 3.05) is 0 Å². The van der Waals surface area contributed by atoms with Gasteiger partial charge in [-0.3, -0.25) is 4.98 Å². The fourth-order valence-electron chi connectivity index (χ4n) is 10.1. The molecule has 2 aromatic heterocycles. The lowest BCUT2D eigenvalue weighted by Gasteiger charge is -2.45. The Labute approximate surface area is 330 Å². The van der Waals surface area contributed by atoms with Gasteiger partial charge in [0.05, 0.1) is 22.7 Å². The molecule has 1 aliphatic carbocycles. The van der Waals surface area contributed by atoms with Crippen molar-refractivity contribution in [3.8, 4) is 11.3 Å². The Morgan fingerprint density at radius 3 is 1.68 bits per heavy atom. The first-order valence-corrected chi connectivity index (χ1v) is 19.7. The minimum atomic E-state index is -0.531. The number of rotatable bonds is 4. The van der Waals surface area contributed by atoms with E-state index in [0.29, 0.717) is 0 Å². The van der Waals surface area contributed by atoms with Gasteiger partial charge in [-0.2, -0.15) is 0 Å². The average molecular weight is 726 g/mol. The summed E-state index contributed by atoms with van der Waals surface area (Å²) in [7, 11) is 0. The molecule has 0 aliphatic heterocycles. The van der Waals surface area contributed by atoms with Gasteiger partial charge in [0.15, 0.2) is 0 Å². The molecule has 0 unspecified atom stereocenters. The predicted molar refractivity (Wildman–Crippen MR) is 235 cm³/mol. The number of aromatic nitrogens is 1. The van der Waals surface area contributed by atoms with Crippen LogP contribution in [0.15, 0.2) is 211 Å². The number of fused-ring (bicyclic) bond motifs is 10. The summed E-state index contributed by atoms with van der Waals surface area (Å²) >= 11 is 0. The molecule has 0 amide bonds. The van der Waals surface area contributed by atoms with Gasteiger partial charge in [0.1, 0.15) is 11.2 Å². The summed E-state index contributed by atoms with van der Waals surface area (Å²) in [4.78, 5) is 5.83. The van der Waals surface area contributed by atoms with E-state index in [4.69, 9.17) is 9.40 Å². The van der Waals surface area contributed by atoms with Crippen LogP contribution < -0.4 is 0 Å². The van der Waals surface area contributed by atoms with Gasteiger partial charge < -0.3 is 4.42 Å². The van der Waals surface area contributed by atoms with Gasteiger partial charge in [-0.25, -0.2) is 0 Å². The van der Waals surface area contributed by atoms with Gasteiger partial charge in [-0.15, -0.1) is 0 Å². The second kappa shape index (κ2) is 12.4. The molecule has 0 saturated carbocycles. The van der Waals surface area contributed by atoms with E-state index in [1.54, 1.807) is 0 Å². The first kappa shape index (κ1) is 32.0. The van der Waals surface area contributed by atoms with E-state index >= 15 is 0 Å². The first-order chi connectivity index (χ1) is 28.3. The van der Waals surface area contributed by atoms with Gasteiger partial charge in [0, 0.05) is 27.1 Å². The molecule has 1 aliphatic rings. The predicted octanol–water partition coefficient (Wildman–Crippen LogP) is 14.0. The summed E-state index contributed by atoms with van der Waals surface area (Å²) in [6.07, 6.45) is 0. The molecule has 0 spiro atoms. The molecule has 0 fully saturated rings. The fraction of sp³-hybridized carbons (Fsp3) is 0.0364. The van der Waals surface area contributed by atoms with Crippen molar-refractivity contribution in [2.24, 2.45) is 0 Å². The van der Waals surface area contributed by atoms with E-state index in [1.165, 1.54) is 49.5 Å². The smallest absolute Gasteiger partial charge is 0.143 e. The first-order valence-electron chi connectivity index (χ1n) is 19.7. The number of furan rings is 1. The van der Waals surface area contributed by atoms with Crippen LogP contribution in [0.5, 0.6) is 0 Å². The molecule has 0 bridgehead atoms. The highest BCUT2D eigenvalue weighted by molar-refractivity contribution is 6.24. The highest BCUT2D eigenvalue weighted by atomic mass is 16.3. The largest absolute Gasteiger partial charge is 0.455 e. The summed E-state index contributed by atoms with van der Waals surface area (Å²) in [6, 6.07) is 75.1. The van der Waals surface area contributed by atoms with E-state index in [-0.39, 0.29) is 5.92 Å². The van der Waals surface area contributed by atoms with Crippen LogP contribution in [0.1, 0.15) is 45.0 Å². The number of benzene rings is 9. The zero-order valence-corrected chi connectivity index (χ0v) is 31.1. The Morgan fingerprint density at radius 1 is 0.421 bits per heavy atom. The highest BCUT2D eigenvalue weighted by Crippen LogP contribution is 2.56. The van der Waals surface area contributed by atoms with Gasteiger partial charge in [0.25, 0.3) is 0 Å². The lowest BCUT2D eigenvalue weighted by molar-refractivity contribution is 0.673. The van der Waals surface area contributed by atoms with Crippen molar-refractivity contribution in [1.29, 1.82) is 0 Å². The Balaban J connectivity index is 1.22. The number of nitrogens with zero attached hydrogens (tertiary/aromatic N) is 1.